The monoisotopic (exact) mass is 368 g/mol. The zero-order chi connectivity index (χ0) is 19.0. The molecule has 1 fully saturated rings. The van der Waals surface area contributed by atoms with Crippen LogP contribution in [0.2, 0.25) is 0 Å². The average Bonchev–Trinajstić information content (AvgIpc) is 2.65. The Hall–Kier alpha value is -2.60. The molecular weight excluding hydrogens is 344 g/mol. The number of amides is 1. The first-order valence-electron chi connectivity index (χ1n) is 9.31. The van der Waals surface area contributed by atoms with Gasteiger partial charge < -0.3 is 19.4 Å². The van der Waals surface area contributed by atoms with E-state index in [4.69, 9.17) is 9.47 Å². The molecule has 1 atom stereocenters. The van der Waals surface area contributed by atoms with Crippen molar-refractivity contribution >= 4 is 5.91 Å². The minimum atomic E-state index is -0.304. The second-order valence-electron chi connectivity index (χ2n) is 7.54. The number of carbonyl (C=O) groups excluding carboxylic acids is 1. The van der Waals surface area contributed by atoms with Gasteiger partial charge in [-0.15, -0.1) is 0 Å². The predicted molar refractivity (Wildman–Crippen MR) is 101 cm³/mol. The number of aryl methyl sites for hydroxylation is 2. The number of rotatable bonds is 2. The van der Waals surface area contributed by atoms with Gasteiger partial charge in [0, 0.05) is 44.1 Å². The Bertz CT molecular complexity index is 928. The topological polar surface area (TPSA) is 69.6 Å². The molecule has 3 heterocycles. The van der Waals surface area contributed by atoms with Gasteiger partial charge in [0.05, 0.1) is 24.8 Å². The first-order valence-corrected chi connectivity index (χ1v) is 9.31. The van der Waals surface area contributed by atoms with E-state index >= 15 is 0 Å². The highest BCUT2D eigenvalue weighted by Crippen LogP contribution is 2.44. The van der Waals surface area contributed by atoms with Gasteiger partial charge in [0.15, 0.2) is 0 Å². The lowest BCUT2D eigenvalue weighted by molar-refractivity contribution is -0.0639. The highest BCUT2D eigenvalue weighted by Gasteiger charge is 2.42. The zero-order valence-corrected chi connectivity index (χ0v) is 15.7. The van der Waals surface area contributed by atoms with Gasteiger partial charge in [-0.2, -0.15) is 0 Å². The van der Waals surface area contributed by atoms with Crippen LogP contribution in [-0.4, -0.2) is 29.3 Å². The number of pyridine rings is 1. The van der Waals surface area contributed by atoms with E-state index in [9.17, 15) is 9.59 Å². The fourth-order valence-corrected chi connectivity index (χ4v) is 3.94. The average molecular weight is 368 g/mol. The third-order valence-corrected chi connectivity index (χ3v) is 5.50. The largest absolute Gasteiger partial charge is 0.487 e. The molecule has 6 heteroatoms. The van der Waals surface area contributed by atoms with E-state index in [1.54, 1.807) is 19.3 Å². The van der Waals surface area contributed by atoms with Crippen LogP contribution in [0.3, 0.4) is 0 Å². The van der Waals surface area contributed by atoms with Gasteiger partial charge in [0.2, 0.25) is 5.56 Å². The summed E-state index contributed by atoms with van der Waals surface area (Å²) < 4.78 is 13.3. The maximum atomic E-state index is 12.9. The number of fused-ring (bicyclic) bond motifs is 1. The van der Waals surface area contributed by atoms with E-state index < -0.39 is 0 Å². The van der Waals surface area contributed by atoms with Crippen LogP contribution in [0.25, 0.3) is 0 Å². The molecule has 4 rings (SSSR count). The Labute approximate surface area is 158 Å². The van der Waals surface area contributed by atoms with Crippen molar-refractivity contribution in [2.75, 3.05) is 13.2 Å². The van der Waals surface area contributed by atoms with E-state index in [2.05, 4.69) is 11.4 Å². The highest BCUT2D eigenvalue weighted by atomic mass is 16.5. The molecule has 2 aliphatic rings. The normalized spacial score (nSPS) is 20.6. The summed E-state index contributed by atoms with van der Waals surface area (Å²) in [5.41, 5.74) is 2.16. The standard InChI is InChI=1S/C21H24N2O4/c1-14-3-5-18-16(11-14)17(12-21(27-18)7-9-26-10-8-21)22-20(25)15-4-6-19(24)23(2)13-15/h3-6,11,13,17H,7-10,12H2,1-2H3,(H,22,25)/t17-/m1/s1. The minimum Gasteiger partial charge on any atom is -0.487 e. The van der Waals surface area contributed by atoms with Crippen molar-refractivity contribution in [1.82, 2.24) is 9.88 Å². The second-order valence-corrected chi connectivity index (χ2v) is 7.54. The summed E-state index contributed by atoms with van der Waals surface area (Å²) in [6.07, 6.45) is 3.90. The Morgan fingerprint density at radius 2 is 2.00 bits per heavy atom. The van der Waals surface area contributed by atoms with Crippen LogP contribution in [0.15, 0.2) is 41.3 Å². The molecule has 27 heavy (non-hydrogen) atoms. The van der Waals surface area contributed by atoms with Crippen LogP contribution in [0.5, 0.6) is 5.75 Å². The maximum absolute atomic E-state index is 12.9. The molecule has 0 radical (unpaired) electrons. The van der Waals surface area contributed by atoms with Crippen LogP contribution in [0.4, 0.5) is 0 Å². The number of hydrogen-bond acceptors (Lipinski definition) is 4. The quantitative estimate of drug-likeness (QED) is 0.884. The number of ether oxygens (including phenoxy) is 2. The van der Waals surface area contributed by atoms with Crippen LogP contribution < -0.4 is 15.6 Å². The van der Waals surface area contributed by atoms with Crippen LogP contribution in [0, 0.1) is 6.92 Å². The lowest BCUT2D eigenvalue weighted by Gasteiger charge is -2.44. The van der Waals surface area contributed by atoms with Gasteiger partial charge in [0.1, 0.15) is 11.4 Å². The van der Waals surface area contributed by atoms with Crippen molar-refractivity contribution in [3.8, 4) is 5.75 Å². The molecule has 0 saturated carbocycles. The van der Waals surface area contributed by atoms with Crippen molar-refractivity contribution in [1.29, 1.82) is 0 Å². The van der Waals surface area contributed by atoms with E-state index in [1.807, 2.05) is 19.1 Å². The summed E-state index contributed by atoms with van der Waals surface area (Å²) in [7, 11) is 1.64. The molecule has 0 bridgehead atoms. The number of nitrogens with zero attached hydrogens (tertiary/aromatic N) is 1. The van der Waals surface area contributed by atoms with Gasteiger partial charge in [-0.3, -0.25) is 9.59 Å². The predicted octanol–water partition coefficient (Wildman–Crippen LogP) is 2.50. The van der Waals surface area contributed by atoms with E-state index in [0.717, 1.165) is 29.7 Å². The summed E-state index contributed by atoms with van der Waals surface area (Å²) in [6.45, 7) is 3.37. The third kappa shape index (κ3) is 3.49. The van der Waals surface area contributed by atoms with E-state index in [-0.39, 0.29) is 23.1 Å². The number of carbonyl (C=O) groups is 1. The van der Waals surface area contributed by atoms with Gasteiger partial charge in [-0.05, 0) is 19.1 Å². The van der Waals surface area contributed by atoms with Crippen molar-refractivity contribution in [2.24, 2.45) is 7.05 Å². The van der Waals surface area contributed by atoms with Gasteiger partial charge in [0.25, 0.3) is 5.91 Å². The molecule has 1 spiro atoms. The molecule has 0 aliphatic carbocycles. The number of hydrogen-bond donors (Lipinski definition) is 1. The fraction of sp³-hybridized carbons (Fsp3) is 0.429. The Kier molecular flexibility index (Phi) is 4.52. The highest BCUT2D eigenvalue weighted by molar-refractivity contribution is 5.94. The summed E-state index contributed by atoms with van der Waals surface area (Å²) in [4.78, 5) is 24.4. The number of nitrogens with one attached hydrogen (secondary N) is 1. The van der Waals surface area contributed by atoms with Crippen molar-refractivity contribution in [3.63, 3.8) is 0 Å². The molecule has 1 aromatic carbocycles. The zero-order valence-electron chi connectivity index (χ0n) is 15.7. The molecule has 6 nitrogen and oxygen atoms in total. The van der Waals surface area contributed by atoms with Crippen molar-refractivity contribution in [3.05, 3.63) is 63.6 Å². The maximum Gasteiger partial charge on any atom is 0.253 e. The number of benzene rings is 1. The van der Waals surface area contributed by atoms with Crippen molar-refractivity contribution in [2.45, 2.75) is 37.8 Å². The molecule has 142 valence electrons. The number of aromatic nitrogens is 1. The molecule has 1 aromatic heterocycles. The molecule has 2 aromatic rings. The fourth-order valence-electron chi connectivity index (χ4n) is 3.94. The molecule has 2 aliphatic heterocycles. The summed E-state index contributed by atoms with van der Waals surface area (Å²) in [5.74, 6) is 0.645. The van der Waals surface area contributed by atoms with Crippen LogP contribution in [-0.2, 0) is 11.8 Å². The molecular formula is C21H24N2O4. The molecule has 1 N–H and O–H groups in total. The van der Waals surface area contributed by atoms with Crippen LogP contribution in [0.1, 0.15) is 46.8 Å². The molecule has 0 unspecified atom stereocenters. The Balaban J connectivity index is 1.65. The second kappa shape index (κ2) is 6.85. The molecule has 1 saturated heterocycles. The van der Waals surface area contributed by atoms with Crippen LogP contribution >= 0.6 is 0 Å². The SMILES string of the molecule is Cc1ccc2c(c1)[C@H](NC(=O)c1ccc(=O)n(C)c1)CC1(CCOCC1)O2. The first-order chi connectivity index (χ1) is 13.0. The van der Waals surface area contributed by atoms with Gasteiger partial charge in [-0.1, -0.05) is 17.7 Å². The van der Waals surface area contributed by atoms with E-state index in [1.165, 1.54) is 10.6 Å². The van der Waals surface area contributed by atoms with Gasteiger partial charge in [-0.25, -0.2) is 0 Å². The first kappa shape index (κ1) is 17.8. The third-order valence-electron chi connectivity index (χ3n) is 5.50. The Morgan fingerprint density at radius 3 is 2.74 bits per heavy atom. The van der Waals surface area contributed by atoms with E-state index in [0.29, 0.717) is 25.2 Å². The lowest BCUT2D eigenvalue weighted by Crippen LogP contribution is -2.48. The summed E-state index contributed by atoms with van der Waals surface area (Å²) >= 11 is 0. The molecule has 1 amide bonds. The lowest BCUT2D eigenvalue weighted by atomic mass is 9.81. The van der Waals surface area contributed by atoms with Crippen molar-refractivity contribution < 1.29 is 14.3 Å². The summed E-state index contributed by atoms with van der Waals surface area (Å²) in [5, 5.41) is 3.16. The Morgan fingerprint density at radius 1 is 1.22 bits per heavy atom. The minimum absolute atomic E-state index is 0.139. The van der Waals surface area contributed by atoms with Gasteiger partial charge >= 0.3 is 0 Å². The summed E-state index contributed by atoms with van der Waals surface area (Å²) in [6, 6.07) is 8.94. The smallest absolute Gasteiger partial charge is 0.253 e.